The fourth-order valence-electron chi connectivity index (χ4n) is 1.17. The molecule has 0 rings (SSSR count). The molecule has 0 saturated carbocycles. The van der Waals surface area contributed by atoms with Gasteiger partial charge in [0.1, 0.15) is 5.92 Å². The maximum absolute atomic E-state index is 11.5. The van der Waals surface area contributed by atoms with E-state index in [9.17, 15) is 9.59 Å². The van der Waals surface area contributed by atoms with Crippen molar-refractivity contribution in [2.45, 2.75) is 27.2 Å². The molecule has 1 N–H and O–H groups in total. The summed E-state index contributed by atoms with van der Waals surface area (Å²) in [6.07, 6.45) is 0.859. The predicted octanol–water partition coefficient (Wildman–Crippen LogP) is 0.958. The summed E-state index contributed by atoms with van der Waals surface area (Å²) in [5.41, 5.74) is 0. The number of hydrogen-bond donors (Lipinski definition) is 1. The number of carbonyl (C=O) groups excluding carboxylic acids is 2. The highest BCUT2D eigenvalue weighted by molar-refractivity contribution is 5.97. The van der Waals surface area contributed by atoms with Gasteiger partial charge in [0.2, 0.25) is 5.91 Å². The average molecular weight is 201 g/mol. The second kappa shape index (κ2) is 6.40. The van der Waals surface area contributed by atoms with E-state index in [0.29, 0.717) is 6.54 Å². The lowest BCUT2D eigenvalue weighted by atomic mass is 9.95. The van der Waals surface area contributed by atoms with Crippen molar-refractivity contribution in [1.82, 2.24) is 5.32 Å². The summed E-state index contributed by atoms with van der Waals surface area (Å²) >= 11 is 0. The first kappa shape index (κ1) is 12.9. The first-order valence-electron chi connectivity index (χ1n) is 4.90. The van der Waals surface area contributed by atoms with Gasteiger partial charge in [-0.15, -0.1) is 0 Å². The highest BCUT2D eigenvalue weighted by Gasteiger charge is 2.30. The number of esters is 1. The summed E-state index contributed by atoms with van der Waals surface area (Å²) in [6, 6.07) is 0. The van der Waals surface area contributed by atoms with Gasteiger partial charge in [-0.3, -0.25) is 9.59 Å². The molecule has 0 radical (unpaired) electrons. The lowest BCUT2D eigenvalue weighted by Crippen LogP contribution is -2.39. The first-order chi connectivity index (χ1) is 6.54. The number of carbonyl (C=O) groups is 2. The molecule has 0 aromatic rings. The second-order valence-corrected chi connectivity index (χ2v) is 3.54. The minimum atomic E-state index is -0.688. The largest absolute Gasteiger partial charge is 0.468 e. The Morgan fingerprint density at radius 2 is 1.93 bits per heavy atom. The van der Waals surface area contributed by atoms with Crippen molar-refractivity contribution in [1.29, 1.82) is 0 Å². The molecule has 0 aliphatic heterocycles. The van der Waals surface area contributed by atoms with E-state index in [-0.39, 0.29) is 11.8 Å². The molecule has 0 saturated heterocycles. The van der Waals surface area contributed by atoms with Gasteiger partial charge in [0.15, 0.2) is 0 Å². The SMILES string of the molecule is CCCNC(=O)C(C(=O)OC)C(C)C. The molecule has 14 heavy (non-hydrogen) atoms. The third kappa shape index (κ3) is 3.77. The predicted molar refractivity (Wildman–Crippen MR) is 53.6 cm³/mol. The van der Waals surface area contributed by atoms with Gasteiger partial charge in [0, 0.05) is 6.54 Å². The van der Waals surface area contributed by atoms with Crippen LogP contribution < -0.4 is 5.32 Å². The average Bonchev–Trinajstić information content (AvgIpc) is 2.14. The Kier molecular flexibility index (Phi) is 5.92. The van der Waals surface area contributed by atoms with Gasteiger partial charge in [0.05, 0.1) is 7.11 Å². The van der Waals surface area contributed by atoms with Crippen LogP contribution in [0.25, 0.3) is 0 Å². The highest BCUT2D eigenvalue weighted by atomic mass is 16.5. The van der Waals surface area contributed by atoms with Crippen LogP contribution in [0.5, 0.6) is 0 Å². The van der Waals surface area contributed by atoms with Crippen molar-refractivity contribution in [3.63, 3.8) is 0 Å². The Morgan fingerprint density at radius 3 is 2.29 bits per heavy atom. The number of nitrogens with one attached hydrogen (secondary N) is 1. The molecule has 4 nitrogen and oxygen atoms in total. The Labute approximate surface area is 85.0 Å². The van der Waals surface area contributed by atoms with E-state index < -0.39 is 11.9 Å². The van der Waals surface area contributed by atoms with E-state index in [2.05, 4.69) is 10.1 Å². The van der Waals surface area contributed by atoms with Crippen LogP contribution in [0.4, 0.5) is 0 Å². The molecule has 0 aliphatic rings. The van der Waals surface area contributed by atoms with E-state index in [1.54, 1.807) is 0 Å². The molecule has 1 atom stereocenters. The quantitative estimate of drug-likeness (QED) is 0.532. The minimum absolute atomic E-state index is 0.0423. The Bertz CT molecular complexity index is 202. The standard InChI is InChI=1S/C10H19NO3/c1-5-6-11-9(12)8(7(2)3)10(13)14-4/h7-8H,5-6H2,1-4H3,(H,11,12). The summed E-state index contributed by atoms with van der Waals surface area (Å²) in [5, 5.41) is 2.69. The molecule has 0 aliphatic carbocycles. The van der Waals surface area contributed by atoms with Crippen molar-refractivity contribution in [3.8, 4) is 0 Å². The lowest BCUT2D eigenvalue weighted by Gasteiger charge is -2.17. The van der Waals surface area contributed by atoms with Crippen molar-refractivity contribution in [3.05, 3.63) is 0 Å². The number of methoxy groups -OCH3 is 1. The van der Waals surface area contributed by atoms with Crippen LogP contribution in [0.2, 0.25) is 0 Å². The minimum Gasteiger partial charge on any atom is -0.468 e. The molecule has 0 aromatic carbocycles. The van der Waals surface area contributed by atoms with Gasteiger partial charge in [-0.2, -0.15) is 0 Å². The Balaban J connectivity index is 4.34. The lowest BCUT2D eigenvalue weighted by molar-refractivity contribution is -0.151. The van der Waals surface area contributed by atoms with Crippen LogP contribution in [0.3, 0.4) is 0 Å². The molecular formula is C10H19NO3. The van der Waals surface area contributed by atoms with Crippen molar-refractivity contribution in [2.24, 2.45) is 11.8 Å². The molecule has 4 heteroatoms. The van der Waals surface area contributed by atoms with Gasteiger partial charge in [-0.05, 0) is 12.3 Å². The molecule has 1 unspecified atom stereocenters. The van der Waals surface area contributed by atoms with Crippen LogP contribution in [0, 0.1) is 11.8 Å². The fraction of sp³-hybridized carbons (Fsp3) is 0.800. The fourth-order valence-corrected chi connectivity index (χ4v) is 1.17. The Hall–Kier alpha value is -1.06. The summed E-state index contributed by atoms with van der Waals surface area (Å²) in [7, 11) is 1.30. The molecule has 1 amide bonds. The van der Waals surface area contributed by atoms with Crippen LogP contribution in [0.1, 0.15) is 27.2 Å². The van der Waals surface area contributed by atoms with Crippen molar-refractivity contribution >= 4 is 11.9 Å². The first-order valence-corrected chi connectivity index (χ1v) is 4.90. The zero-order valence-electron chi connectivity index (χ0n) is 9.29. The van der Waals surface area contributed by atoms with Gasteiger partial charge in [0.25, 0.3) is 0 Å². The molecule has 0 heterocycles. The van der Waals surface area contributed by atoms with E-state index in [1.165, 1.54) is 7.11 Å². The smallest absolute Gasteiger partial charge is 0.318 e. The summed E-state index contributed by atoms with van der Waals surface area (Å²) in [6.45, 7) is 6.21. The summed E-state index contributed by atoms with van der Waals surface area (Å²) < 4.78 is 4.57. The zero-order chi connectivity index (χ0) is 11.1. The molecular weight excluding hydrogens is 182 g/mol. The third-order valence-corrected chi connectivity index (χ3v) is 1.95. The van der Waals surface area contributed by atoms with E-state index in [1.807, 2.05) is 20.8 Å². The molecule has 0 aromatic heterocycles. The maximum Gasteiger partial charge on any atom is 0.318 e. The van der Waals surface area contributed by atoms with Crippen molar-refractivity contribution in [2.75, 3.05) is 13.7 Å². The van der Waals surface area contributed by atoms with Crippen LogP contribution in [-0.4, -0.2) is 25.5 Å². The maximum atomic E-state index is 11.5. The molecule has 0 bridgehead atoms. The van der Waals surface area contributed by atoms with E-state index >= 15 is 0 Å². The van der Waals surface area contributed by atoms with E-state index in [4.69, 9.17) is 0 Å². The number of ether oxygens (including phenoxy) is 1. The number of hydrogen-bond acceptors (Lipinski definition) is 3. The molecule has 0 spiro atoms. The van der Waals surface area contributed by atoms with Gasteiger partial charge in [-0.1, -0.05) is 20.8 Å². The van der Waals surface area contributed by atoms with Crippen LogP contribution in [-0.2, 0) is 14.3 Å². The van der Waals surface area contributed by atoms with Gasteiger partial charge < -0.3 is 10.1 Å². The van der Waals surface area contributed by atoms with Crippen molar-refractivity contribution < 1.29 is 14.3 Å². The van der Waals surface area contributed by atoms with E-state index in [0.717, 1.165) is 6.42 Å². The monoisotopic (exact) mass is 201 g/mol. The second-order valence-electron chi connectivity index (χ2n) is 3.54. The third-order valence-electron chi connectivity index (χ3n) is 1.95. The number of rotatable bonds is 5. The topological polar surface area (TPSA) is 55.4 Å². The van der Waals surface area contributed by atoms with Gasteiger partial charge in [-0.25, -0.2) is 0 Å². The normalized spacial score (nSPS) is 12.4. The Morgan fingerprint density at radius 1 is 1.36 bits per heavy atom. The zero-order valence-corrected chi connectivity index (χ0v) is 9.29. The summed E-state index contributed by atoms with van der Waals surface area (Å²) in [4.78, 5) is 22.8. The summed E-state index contributed by atoms with van der Waals surface area (Å²) in [5.74, 6) is -1.44. The van der Waals surface area contributed by atoms with Gasteiger partial charge >= 0.3 is 5.97 Å². The molecule has 82 valence electrons. The highest BCUT2D eigenvalue weighted by Crippen LogP contribution is 2.12. The number of amides is 1. The molecule has 0 fully saturated rings. The van der Waals surface area contributed by atoms with Crippen LogP contribution in [0.15, 0.2) is 0 Å². The van der Waals surface area contributed by atoms with Crippen LogP contribution >= 0.6 is 0 Å².